The van der Waals surface area contributed by atoms with Crippen molar-refractivity contribution in [3.63, 3.8) is 0 Å². The van der Waals surface area contributed by atoms with Crippen LogP contribution < -0.4 is 11.0 Å². The van der Waals surface area contributed by atoms with Crippen LogP contribution >= 0.6 is 0 Å². The molecule has 0 unspecified atom stereocenters. The number of nitrogens with zero attached hydrogens (tertiary/aromatic N) is 5. The number of hydrogen-bond acceptors (Lipinski definition) is 5. The van der Waals surface area contributed by atoms with Gasteiger partial charge in [-0.15, -0.1) is 5.10 Å². The molecule has 0 saturated heterocycles. The summed E-state index contributed by atoms with van der Waals surface area (Å²) in [6, 6.07) is 5.91. The number of nitrogens with one attached hydrogen (secondary N) is 1. The molecule has 0 spiro atoms. The van der Waals surface area contributed by atoms with E-state index in [1.165, 1.54) is 28.9 Å². The minimum absolute atomic E-state index is 0.0794. The van der Waals surface area contributed by atoms with Gasteiger partial charge >= 0.3 is 5.69 Å². The van der Waals surface area contributed by atoms with Crippen molar-refractivity contribution in [1.29, 1.82) is 0 Å². The lowest BCUT2D eigenvalue weighted by molar-refractivity contribution is 0.102. The molecule has 1 N–H and O–H groups in total. The van der Waals surface area contributed by atoms with Gasteiger partial charge in [0, 0.05) is 12.7 Å². The zero-order valence-corrected chi connectivity index (χ0v) is 12.5. The fourth-order valence-corrected chi connectivity index (χ4v) is 2.88. The highest BCUT2D eigenvalue weighted by Crippen LogP contribution is 2.25. The molecular weight excluding hydrogens is 296 g/mol. The van der Waals surface area contributed by atoms with E-state index in [1.807, 2.05) is 18.2 Å². The summed E-state index contributed by atoms with van der Waals surface area (Å²) in [6.07, 6.45) is 4.56. The maximum Gasteiger partial charge on any atom is 0.352 e. The first kappa shape index (κ1) is 13.6. The molecule has 2 aromatic heterocycles. The maximum atomic E-state index is 12.4. The summed E-state index contributed by atoms with van der Waals surface area (Å²) in [7, 11) is 1.49. The zero-order chi connectivity index (χ0) is 16.0. The van der Waals surface area contributed by atoms with Crippen molar-refractivity contribution in [1.82, 2.24) is 24.4 Å². The number of benzene rings is 1. The van der Waals surface area contributed by atoms with Gasteiger partial charge in [0.2, 0.25) is 0 Å². The molecule has 23 heavy (non-hydrogen) atoms. The average molecular weight is 310 g/mol. The van der Waals surface area contributed by atoms with E-state index in [-0.39, 0.29) is 11.3 Å². The molecular formula is C15H14N6O2. The van der Waals surface area contributed by atoms with Gasteiger partial charge in [-0.05, 0) is 42.5 Å². The third kappa shape index (κ3) is 2.19. The molecule has 3 aromatic rings. The minimum atomic E-state index is -0.409. The molecule has 4 rings (SSSR count). The lowest BCUT2D eigenvalue weighted by atomic mass is 10.1. The van der Waals surface area contributed by atoms with Crippen molar-refractivity contribution in [3.8, 4) is 0 Å². The topological polar surface area (TPSA) is 94.2 Å². The van der Waals surface area contributed by atoms with Crippen LogP contribution in [0.3, 0.4) is 0 Å². The summed E-state index contributed by atoms with van der Waals surface area (Å²) in [4.78, 5) is 28.3. The average Bonchev–Trinajstić information content (AvgIpc) is 3.17. The first-order valence-electron chi connectivity index (χ1n) is 7.34. The van der Waals surface area contributed by atoms with Crippen LogP contribution in [0.1, 0.15) is 28.0 Å². The molecule has 1 aliphatic rings. The van der Waals surface area contributed by atoms with E-state index in [0.29, 0.717) is 5.69 Å². The Morgan fingerprint density at radius 1 is 1.26 bits per heavy atom. The zero-order valence-electron chi connectivity index (χ0n) is 12.5. The van der Waals surface area contributed by atoms with E-state index in [1.54, 1.807) is 0 Å². The van der Waals surface area contributed by atoms with Crippen LogP contribution in [0.15, 0.2) is 29.3 Å². The molecule has 0 atom stereocenters. The van der Waals surface area contributed by atoms with E-state index in [2.05, 4.69) is 20.6 Å². The van der Waals surface area contributed by atoms with Crippen molar-refractivity contribution < 1.29 is 4.79 Å². The van der Waals surface area contributed by atoms with Crippen LogP contribution in [-0.2, 0) is 19.9 Å². The molecule has 0 saturated carbocycles. The lowest BCUT2D eigenvalue weighted by Gasteiger charge is -2.06. The number of carbonyl (C=O) groups excluding carboxylic acids is 1. The Bertz CT molecular complexity index is 987. The second kappa shape index (κ2) is 5.01. The summed E-state index contributed by atoms with van der Waals surface area (Å²) >= 11 is 0. The second-order valence-corrected chi connectivity index (χ2v) is 5.57. The Balaban J connectivity index is 1.67. The molecule has 0 fully saturated rings. The monoisotopic (exact) mass is 310 g/mol. The third-order valence-electron chi connectivity index (χ3n) is 4.07. The van der Waals surface area contributed by atoms with Gasteiger partial charge in [-0.3, -0.25) is 4.79 Å². The standard InChI is InChI=1S/C15H14N6O2/c1-20-15(23)21-8-16-12(13(21)18-19-20)14(22)17-11-6-5-9-3-2-4-10(9)7-11/h5-8H,2-4H2,1H3,(H,17,22). The van der Waals surface area contributed by atoms with Gasteiger partial charge in [0.15, 0.2) is 11.3 Å². The largest absolute Gasteiger partial charge is 0.352 e. The number of aromatic nitrogens is 5. The molecule has 1 aromatic carbocycles. The summed E-state index contributed by atoms with van der Waals surface area (Å²) < 4.78 is 2.28. The molecule has 1 amide bonds. The van der Waals surface area contributed by atoms with Gasteiger partial charge in [-0.25, -0.2) is 14.2 Å². The Morgan fingerprint density at radius 2 is 2.09 bits per heavy atom. The third-order valence-corrected chi connectivity index (χ3v) is 4.07. The molecule has 0 bridgehead atoms. The molecule has 116 valence electrons. The second-order valence-electron chi connectivity index (χ2n) is 5.57. The summed E-state index contributed by atoms with van der Waals surface area (Å²) in [6.45, 7) is 0. The number of fused-ring (bicyclic) bond motifs is 2. The van der Waals surface area contributed by atoms with Crippen molar-refractivity contribution >= 4 is 17.2 Å². The van der Waals surface area contributed by atoms with E-state index < -0.39 is 11.6 Å². The summed E-state index contributed by atoms with van der Waals surface area (Å²) in [5, 5.41) is 10.4. The van der Waals surface area contributed by atoms with Crippen molar-refractivity contribution in [2.75, 3.05) is 5.32 Å². The van der Waals surface area contributed by atoms with Gasteiger partial charge in [-0.2, -0.15) is 4.68 Å². The Labute approximate surface area is 130 Å². The minimum Gasteiger partial charge on any atom is -0.321 e. The number of imidazole rings is 1. The molecule has 2 heterocycles. The predicted octanol–water partition coefficient (Wildman–Crippen LogP) is 0.564. The van der Waals surface area contributed by atoms with Crippen molar-refractivity contribution in [2.45, 2.75) is 19.3 Å². The highest BCUT2D eigenvalue weighted by Gasteiger charge is 2.18. The lowest BCUT2D eigenvalue weighted by Crippen LogP contribution is -2.27. The van der Waals surface area contributed by atoms with Gasteiger partial charge < -0.3 is 5.32 Å². The quantitative estimate of drug-likeness (QED) is 0.746. The molecule has 8 heteroatoms. The maximum absolute atomic E-state index is 12.4. The number of rotatable bonds is 2. The number of anilines is 1. The van der Waals surface area contributed by atoms with Crippen molar-refractivity contribution in [2.24, 2.45) is 7.05 Å². The fraction of sp³-hybridized carbons (Fsp3) is 0.267. The van der Waals surface area contributed by atoms with Crippen LogP contribution in [0.4, 0.5) is 5.69 Å². The van der Waals surface area contributed by atoms with Gasteiger partial charge in [-0.1, -0.05) is 11.3 Å². The van der Waals surface area contributed by atoms with Crippen LogP contribution in [-0.4, -0.2) is 30.3 Å². The molecule has 1 aliphatic carbocycles. The first-order valence-corrected chi connectivity index (χ1v) is 7.34. The highest BCUT2D eigenvalue weighted by atomic mass is 16.2. The van der Waals surface area contributed by atoms with Crippen LogP contribution in [0.2, 0.25) is 0 Å². The normalized spacial score (nSPS) is 13.3. The van der Waals surface area contributed by atoms with Crippen molar-refractivity contribution in [3.05, 3.63) is 51.8 Å². The van der Waals surface area contributed by atoms with Gasteiger partial charge in [0.05, 0.1) is 0 Å². The Morgan fingerprint density at radius 3 is 2.96 bits per heavy atom. The first-order chi connectivity index (χ1) is 11.1. The van der Waals surface area contributed by atoms with E-state index in [4.69, 9.17) is 0 Å². The van der Waals surface area contributed by atoms with E-state index in [0.717, 1.165) is 23.9 Å². The Hall–Kier alpha value is -3.03. The number of amides is 1. The van der Waals surface area contributed by atoms with E-state index >= 15 is 0 Å². The van der Waals surface area contributed by atoms with Gasteiger partial charge in [0.1, 0.15) is 6.33 Å². The summed E-state index contributed by atoms with van der Waals surface area (Å²) in [5.41, 5.74) is 3.14. The number of hydrogen-bond donors (Lipinski definition) is 1. The van der Waals surface area contributed by atoms with Crippen LogP contribution in [0, 0.1) is 0 Å². The van der Waals surface area contributed by atoms with Gasteiger partial charge in [0.25, 0.3) is 5.91 Å². The highest BCUT2D eigenvalue weighted by molar-refractivity contribution is 6.06. The number of carbonyl (C=O) groups is 1. The smallest absolute Gasteiger partial charge is 0.321 e. The SMILES string of the molecule is Cn1nnc2c(C(=O)Nc3ccc4c(c3)CCC4)ncn2c1=O. The Kier molecular flexibility index (Phi) is 2.97. The predicted molar refractivity (Wildman–Crippen MR) is 82.4 cm³/mol. The van der Waals surface area contributed by atoms with E-state index in [9.17, 15) is 9.59 Å². The fourth-order valence-electron chi connectivity index (χ4n) is 2.88. The van der Waals surface area contributed by atoms with Crippen LogP contribution in [0.5, 0.6) is 0 Å². The molecule has 8 nitrogen and oxygen atoms in total. The molecule has 0 aliphatic heterocycles. The summed E-state index contributed by atoms with van der Waals surface area (Å²) in [5.74, 6) is -0.409. The number of aryl methyl sites for hydroxylation is 3. The molecule has 0 radical (unpaired) electrons. The van der Waals surface area contributed by atoms with Crippen LogP contribution in [0.25, 0.3) is 5.65 Å².